The summed E-state index contributed by atoms with van der Waals surface area (Å²) in [7, 11) is 0. The summed E-state index contributed by atoms with van der Waals surface area (Å²) in [5, 5.41) is 6.55. The lowest BCUT2D eigenvalue weighted by molar-refractivity contribution is -0.171. The number of aromatic nitrogens is 3. The van der Waals surface area contributed by atoms with Gasteiger partial charge >= 0.3 is 6.18 Å². The van der Waals surface area contributed by atoms with E-state index in [0.29, 0.717) is 0 Å². The number of alkyl halides is 3. The van der Waals surface area contributed by atoms with Crippen molar-refractivity contribution in [3.8, 4) is 11.4 Å². The Kier molecular flexibility index (Phi) is 2.88. The van der Waals surface area contributed by atoms with Gasteiger partial charge in [0.15, 0.2) is 11.9 Å². The maximum Gasteiger partial charge on any atom is 0.411 e. The van der Waals surface area contributed by atoms with E-state index >= 15 is 0 Å². The van der Waals surface area contributed by atoms with Crippen molar-refractivity contribution in [1.29, 1.82) is 0 Å². The second kappa shape index (κ2) is 4.46. The van der Waals surface area contributed by atoms with E-state index in [-0.39, 0.29) is 30.3 Å². The highest BCUT2D eigenvalue weighted by Crippen LogP contribution is 2.37. The van der Waals surface area contributed by atoms with Gasteiger partial charge in [0.25, 0.3) is 0 Å². The second-order valence-corrected chi connectivity index (χ2v) is 4.46. The van der Waals surface area contributed by atoms with Crippen LogP contribution in [0.5, 0.6) is 0 Å². The third-order valence-electron chi connectivity index (χ3n) is 3.12. The fourth-order valence-electron chi connectivity index (χ4n) is 2.16. The molecule has 0 saturated carbocycles. The van der Waals surface area contributed by atoms with E-state index in [1.807, 2.05) is 0 Å². The van der Waals surface area contributed by atoms with Crippen molar-refractivity contribution in [2.75, 3.05) is 11.9 Å². The number of anilines is 1. The number of rotatable bonds is 1. The molecule has 1 aromatic heterocycles. The Labute approximate surface area is 111 Å². The van der Waals surface area contributed by atoms with Crippen LogP contribution in [-0.2, 0) is 0 Å². The Balaban J connectivity index is 2.06. The standard InChI is InChI=1S/C12H10F4N4/c13-8-4-2-1-3-7(8)10-18-11-17-6-5-9(12(14,15)16)20(11)19-10/h1-4,9H,5-6H2,(H,17,18,19). The van der Waals surface area contributed by atoms with Crippen molar-refractivity contribution < 1.29 is 17.6 Å². The Morgan fingerprint density at radius 1 is 1.25 bits per heavy atom. The van der Waals surface area contributed by atoms with Crippen LogP contribution in [0.3, 0.4) is 0 Å². The van der Waals surface area contributed by atoms with Crippen molar-refractivity contribution >= 4 is 5.95 Å². The lowest BCUT2D eigenvalue weighted by atomic mass is 10.2. The van der Waals surface area contributed by atoms with Gasteiger partial charge in [0, 0.05) is 6.54 Å². The predicted octanol–water partition coefficient (Wildman–Crippen LogP) is 3.00. The summed E-state index contributed by atoms with van der Waals surface area (Å²) in [5.74, 6) is -0.613. The van der Waals surface area contributed by atoms with Gasteiger partial charge in [-0.25, -0.2) is 9.07 Å². The molecule has 4 nitrogen and oxygen atoms in total. The summed E-state index contributed by atoms with van der Waals surface area (Å²) >= 11 is 0. The summed E-state index contributed by atoms with van der Waals surface area (Å²) in [6.07, 6.45) is -4.53. The summed E-state index contributed by atoms with van der Waals surface area (Å²) < 4.78 is 53.2. The molecule has 2 aromatic rings. The van der Waals surface area contributed by atoms with Gasteiger partial charge in [0.05, 0.1) is 5.56 Å². The van der Waals surface area contributed by atoms with E-state index in [4.69, 9.17) is 0 Å². The molecular formula is C12H10F4N4. The van der Waals surface area contributed by atoms with Gasteiger partial charge in [-0.05, 0) is 18.6 Å². The van der Waals surface area contributed by atoms with E-state index in [0.717, 1.165) is 4.68 Å². The first-order valence-electron chi connectivity index (χ1n) is 5.99. The number of nitrogens with zero attached hydrogens (tertiary/aromatic N) is 3. The molecular weight excluding hydrogens is 276 g/mol. The van der Waals surface area contributed by atoms with Crippen molar-refractivity contribution in [3.05, 3.63) is 30.1 Å². The number of hydrogen-bond acceptors (Lipinski definition) is 3. The van der Waals surface area contributed by atoms with Crippen LogP contribution in [0.1, 0.15) is 12.5 Å². The van der Waals surface area contributed by atoms with Gasteiger partial charge in [-0.1, -0.05) is 12.1 Å². The fourth-order valence-corrected chi connectivity index (χ4v) is 2.16. The first-order chi connectivity index (χ1) is 9.47. The molecule has 0 amide bonds. The van der Waals surface area contributed by atoms with Crippen LogP contribution in [0.25, 0.3) is 11.4 Å². The van der Waals surface area contributed by atoms with Gasteiger partial charge in [0.1, 0.15) is 5.82 Å². The molecule has 0 aliphatic carbocycles. The molecule has 1 N–H and O–H groups in total. The Morgan fingerprint density at radius 3 is 2.70 bits per heavy atom. The van der Waals surface area contributed by atoms with Crippen molar-refractivity contribution in [3.63, 3.8) is 0 Å². The Morgan fingerprint density at radius 2 is 2.00 bits per heavy atom. The molecule has 8 heteroatoms. The molecule has 0 spiro atoms. The maximum absolute atomic E-state index is 13.6. The fraction of sp³-hybridized carbons (Fsp3) is 0.333. The zero-order valence-electron chi connectivity index (χ0n) is 10.2. The van der Waals surface area contributed by atoms with E-state index in [1.54, 1.807) is 6.07 Å². The van der Waals surface area contributed by atoms with Crippen LogP contribution in [-0.4, -0.2) is 27.5 Å². The van der Waals surface area contributed by atoms with Gasteiger partial charge in [-0.2, -0.15) is 18.2 Å². The molecule has 0 fully saturated rings. The normalized spacial score (nSPS) is 18.5. The highest BCUT2D eigenvalue weighted by Gasteiger charge is 2.44. The highest BCUT2D eigenvalue weighted by molar-refractivity contribution is 5.57. The smallest absolute Gasteiger partial charge is 0.354 e. The SMILES string of the molecule is Fc1ccccc1-c1nc2n(n1)C(C(F)(F)F)CCN2. The molecule has 20 heavy (non-hydrogen) atoms. The highest BCUT2D eigenvalue weighted by atomic mass is 19.4. The predicted molar refractivity (Wildman–Crippen MR) is 63.6 cm³/mol. The molecule has 1 aromatic carbocycles. The summed E-state index contributed by atoms with van der Waals surface area (Å²) in [6, 6.07) is 3.98. The third kappa shape index (κ3) is 2.10. The minimum Gasteiger partial charge on any atom is -0.354 e. The van der Waals surface area contributed by atoms with E-state index < -0.39 is 18.0 Å². The molecule has 1 aliphatic rings. The molecule has 0 bridgehead atoms. The van der Waals surface area contributed by atoms with Crippen molar-refractivity contribution in [2.24, 2.45) is 0 Å². The number of nitrogens with one attached hydrogen (secondary N) is 1. The van der Waals surface area contributed by atoms with Gasteiger partial charge in [-0.3, -0.25) is 0 Å². The first kappa shape index (κ1) is 12.9. The topological polar surface area (TPSA) is 42.7 Å². The van der Waals surface area contributed by atoms with Gasteiger partial charge < -0.3 is 5.32 Å². The summed E-state index contributed by atoms with van der Waals surface area (Å²) in [4.78, 5) is 3.95. The molecule has 1 unspecified atom stereocenters. The van der Waals surface area contributed by atoms with Crippen LogP contribution < -0.4 is 5.32 Å². The molecule has 3 rings (SSSR count). The molecule has 2 heterocycles. The average molecular weight is 286 g/mol. The van der Waals surface area contributed by atoms with Crippen LogP contribution in [0.4, 0.5) is 23.5 Å². The largest absolute Gasteiger partial charge is 0.411 e. The van der Waals surface area contributed by atoms with Crippen LogP contribution >= 0.6 is 0 Å². The lowest BCUT2D eigenvalue weighted by Crippen LogP contribution is -2.34. The van der Waals surface area contributed by atoms with Crippen LogP contribution in [0, 0.1) is 5.82 Å². The minimum atomic E-state index is -4.41. The zero-order valence-corrected chi connectivity index (χ0v) is 10.2. The lowest BCUT2D eigenvalue weighted by Gasteiger charge is -2.25. The monoisotopic (exact) mass is 286 g/mol. The van der Waals surface area contributed by atoms with Gasteiger partial charge in [0.2, 0.25) is 5.95 Å². The average Bonchev–Trinajstić information content (AvgIpc) is 2.81. The van der Waals surface area contributed by atoms with E-state index in [9.17, 15) is 17.6 Å². The zero-order chi connectivity index (χ0) is 14.3. The first-order valence-corrected chi connectivity index (χ1v) is 5.99. The number of benzene rings is 1. The Bertz CT molecular complexity index is 635. The summed E-state index contributed by atoms with van der Waals surface area (Å²) in [5.41, 5.74) is 0.0807. The number of fused-ring (bicyclic) bond motifs is 1. The summed E-state index contributed by atoms with van der Waals surface area (Å²) in [6.45, 7) is 0.152. The molecule has 106 valence electrons. The van der Waals surface area contributed by atoms with Crippen LogP contribution in [0.2, 0.25) is 0 Å². The molecule has 0 saturated heterocycles. The maximum atomic E-state index is 13.6. The van der Waals surface area contributed by atoms with Crippen molar-refractivity contribution in [1.82, 2.24) is 14.8 Å². The second-order valence-electron chi connectivity index (χ2n) is 4.46. The van der Waals surface area contributed by atoms with Crippen LogP contribution in [0.15, 0.2) is 24.3 Å². The quantitative estimate of drug-likeness (QED) is 0.819. The van der Waals surface area contributed by atoms with E-state index in [2.05, 4.69) is 15.4 Å². The van der Waals surface area contributed by atoms with Gasteiger partial charge in [-0.15, -0.1) is 5.10 Å². The number of hydrogen-bond donors (Lipinski definition) is 1. The third-order valence-corrected chi connectivity index (χ3v) is 3.12. The Hall–Kier alpha value is -2.12. The van der Waals surface area contributed by atoms with E-state index in [1.165, 1.54) is 18.2 Å². The minimum absolute atomic E-state index is 0.0110. The molecule has 1 aliphatic heterocycles. The number of halogens is 4. The molecule has 0 radical (unpaired) electrons. The molecule has 1 atom stereocenters. The van der Waals surface area contributed by atoms with Crippen molar-refractivity contribution in [2.45, 2.75) is 18.6 Å².